The van der Waals surface area contributed by atoms with Crippen molar-refractivity contribution in [1.82, 2.24) is 25.4 Å². The average Bonchev–Trinajstić information content (AvgIpc) is 3.21. The fourth-order valence-electron chi connectivity index (χ4n) is 3.31. The van der Waals surface area contributed by atoms with Gasteiger partial charge in [0.05, 0.1) is 0 Å². The molecule has 0 spiro atoms. The molecule has 0 bridgehead atoms. The summed E-state index contributed by atoms with van der Waals surface area (Å²) in [5.41, 5.74) is 0.962. The molecule has 1 fully saturated rings. The third-order valence-corrected chi connectivity index (χ3v) is 4.83. The number of aliphatic imine (C=N–C) groups is 1. The molecule has 7 nitrogen and oxygen atoms in total. The number of unbranched alkanes of at least 4 members (excludes halogenated alkanes) is 1. The quantitative estimate of drug-likeness (QED) is 0.264. The topological polar surface area (TPSA) is 70.4 Å². The largest absolute Gasteiger partial charge is 0.371 e. The molecule has 154 valence electrons. The summed E-state index contributed by atoms with van der Waals surface area (Å²) in [6.07, 6.45) is 7.61. The summed E-state index contributed by atoms with van der Waals surface area (Å²) < 4.78 is 15.4. The Labute approximate surface area is 182 Å². The summed E-state index contributed by atoms with van der Waals surface area (Å²) in [7, 11) is 1.80. The van der Waals surface area contributed by atoms with Crippen molar-refractivity contribution in [2.75, 3.05) is 31.6 Å². The number of hydrogen-bond donors (Lipinski definition) is 2. The molecular formula is C19H29FIN7. The van der Waals surface area contributed by atoms with Gasteiger partial charge in [-0.25, -0.2) is 4.39 Å². The van der Waals surface area contributed by atoms with E-state index in [0.717, 1.165) is 63.5 Å². The number of aromatic nitrogens is 3. The van der Waals surface area contributed by atoms with E-state index in [9.17, 15) is 4.39 Å². The molecule has 1 aliphatic rings. The van der Waals surface area contributed by atoms with E-state index >= 15 is 0 Å². The van der Waals surface area contributed by atoms with Gasteiger partial charge in [-0.2, -0.15) is 0 Å². The van der Waals surface area contributed by atoms with Crippen LogP contribution in [0.1, 0.15) is 25.7 Å². The Balaban J connectivity index is 0.00000280. The first kappa shape index (κ1) is 22.4. The van der Waals surface area contributed by atoms with Crippen molar-refractivity contribution >= 4 is 35.6 Å². The number of benzene rings is 1. The van der Waals surface area contributed by atoms with Gasteiger partial charge >= 0.3 is 0 Å². The molecule has 0 amide bonds. The molecule has 1 aromatic heterocycles. The van der Waals surface area contributed by atoms with Crippen LogP contribution in [0, 0.1) is 5.82 Å². The maximum Gasteiger partial charge on any atom is 0.191 e. The Bertz CT molecular complexity index is 715. The van der Waals surface area contributed by atoms with Crippen molar-refractivity contribution in [1.29, 1.82) is 0 Å². The molecule has 2 N–H and O–H groups in total. The van der Waals surface area contributed by atoms with E-state index in [2.05, 4.69) is 30.7 Å². The van der Waals surface area contributed by atoms with Crippen LogP contribution in [0.2, 0.25) is 0 Å². The first-order valence-corrected chi connectivity index (χ1v) is 9.54. The SMILES string of the molecule is CN=C(NCCCCn1cnnc1)NC1CCN(c2cccc(F)c2)CC1.I. The van der Waals surface area contributed by atoms with Crippen LogP contribution in [-0.4, -0.2) is 53.4 Å². The first-order chi connectivity index (χ1) is 13.2. The number of nitrogens with one attached hydrogen (secondary N) is 2. The van der Waals surface area contributed by atoms with Gasteiger partial charge in [0.2, 0.25) is 0 Å². The monoisotopic (exact) mass is 501 g/mol. The normalized spacial score (nSPS) is 15.2. The molecular weight excluding hydrogens is 472 g/mol. The summed E-state index contributed by atoms with van der Waals surface area (Å²) in [6.45, 7) is 3.64. The van der Waals surface area contributed by atoms with Gasteiger partial charge in [-0.1, -0.05) is 6.07 Å². The third kappa shape index (κ3) is 6.92. The molecule has 0 aliphatic carbocycles. The van der Waals surface area contributed by atoms with Gasteiger partial charge in [0.25, 0.3) is 0 Å². The Kier molecular flexibility index (Phi) is 9.45. The number of hydrogen-bond acceptors (Lipinski definition) is 4. The summed E-state index contributed by atoms with van der Waals surface area (Å²) >= 11 is 0. The van der Waals surface area contributed by atoms with Gasteiger partial charge in [0, 0.05) is 45.0 Å². The zero-order valence-electron chi connectivity index (χ0n) is 16.2. The highest BCUT2D eigenvalue weighted by Crippen LogP contribution is 2.20. The van der Waals surface area contributed by atoms with Crippen molar-refractivity contribution in [2.24, 2.45) is 4.99 Å². The van der Waals surface area contributed by atoms with Gasteiger partial charge in [0.1, 0.15) is 18.5 Å². The second kappa shape index (κ2) is 11.8. The third-order valence-electron chi connectivity index (χ3n) is 4.83. The van der Waals surface area contributed by atoms with E-state index in [4.69, 9.17) is 0 Å². The van der Waals surface area contributed by atoms with E-state index in [1.807, 2.05) is 10.6 Å². The maximum absolute atomic E-state index is 13.4. The molecule has 3 rings (SSSR count). The fourth-order valence-corrected chi connectivity index (χ4v) is 3.31. The molecule has 2 heterocycles. The maximum atomic E-state index is 13.4. The lowest BCUT2D eigenvalue weighted by Crippen LogP contribution is -2.48. The van der Waals surface area contributed by atoms with Crippen molar-refractivity contribution in [3.63, 3.8) is 0 Å². The van der Waals surface area contributed by atoms with E-state index < -0.39 is 0 Å². The molecule has 1 aromatic carbocycles. The van der Waals surface area contributed by atoms with Crippen LogP contribution in [0.3, 0.4) is 0 Å². The summed E-state index contributed by atoms with van der Waals surface area (Å²) in [5, 5.41) is 14.5. The summed E-state index contributed by atoms with van der Waals surface area (Å²) in [6, 6.07) is 7.22. The van der Waals surface area contributed by atoms with E-state index in [-0.39, 0.29) is 29.8 Å². The number of halogens is 2. The average molecular weight is 501 g/mol. The standard InChI is InChI=1S/C19H28FN7.HI/c1-21-19(22-9-2-3-10-26-14-23-24-15-26)25-17-7-11-27(12-8-17)18-6-4-5-16(20)13-18;/h4-6,13-15,17H,2-3,7-12H2,1H3,(H2,21,22,25);1H. The van der Waals surface area contributed by atoms with Crippen LogP contribution >= 0.6 is 24.0 Å². The minimum Gasteiger partial charge on any atom is -0.371 e. The van der Waals surface area contributed by atoms with Gasteiger partial charge in [0.15, 0.2) is 5.96 Å². The Morgan fingerprint density at radius 2 is 1.96 bits per heavy atom. The number of aryl methyl sites for hydroxylation is 1. The zero-order valence-corrected chi connectivity index (χ0v) is 18.6. The highest BCUT2D eigenvalue weighted by Gasteiger charge is 2.20. The van der Waals surface area contributed by atoms with E-state index in [1.165, 1.54) is 6.07 Å². The lowest BCUT2D eigenvalue weighted by atomic mass is 10.0. The van der Waals surface area contributed by atoms with E-state index in [0.29, 0.717) is 6.04 Å². The summed E-state index contributed by atoms with van der Waals surface area (Å²) in [5.74, 6) is 0.671. The molecule has 2 aromatic rings. The van der Waals surface area contributed by atoms with E-state index in [1.54, 1.807) is 31.8 Å². The molecule has 28 heavy (non-hydrogen) atoms. The lowest BCUT2D eigenvalue weighted by molar-refractivity contribution is 0.460. The zero-order chi connectivity index (χ0) is 18.9. The predicted octanol–water partition coefficient (Wildman–Crippen LogP) is 2.65. The number of rotatable bonds is 7. The number of guanidine groups is 1. The van der Waals surface area contributed by atoms with Gasteiger partial charge in [-0.15, -0.1) is 34.2 Å². The van der Waals surface area contributed by atoms with Crippen LogP contribution in [-0.2, 0) is 6.54 Å². The van der Waals surface area contributed by atoms with Gasteiger partial charge < -0.3 is 20.1 Å². The van der Waals surface area contributed by atoms with Crippen molar-refractivity contribution in [2.45, 2.75) is 38.3 Å². The highest BCUT2D eigenvalue weighted by atomic mass is 127. The lowest BCUT2D eigenvalue weighted by Gasteiger charge is -2.34. The number of anilines is 1. The van der Waals surface area contributed by atoms with Crippen LogP contribution < -0.4 is 15.5 Å². The molecule has 1 saturated heterocycles. The highest BCUT2D eigenvalue weighted by molar-refractivity contribution is 14.0. The van der Waals surface area contributed by atoms with Gasteiger partial charge in [-0.05, 0) is 43.9 Å². The minimum atomic E-state index is -0.179. The smallest absolute Gasteiger partial charge is 0.191 e. The van der Waals surface area contributed by atoms with Crippen molar-refractivity contribution < 1.29 is 4.39 Å². The van der Waals surface area contributed by atoms with Crippen LogP contribution in [0.4, 0.5) is 10.1 Å². The van der Waals surface area contributed by atoms with Crippen molar-refractivity contribution in [3.8, 4) is 0 Å². The molecule has 9 heteroatoms. The van der Waals surface area contributed by atoms with Crippen LogP contribution in [0.25, 0.3) is 0 Å². The Morgan fingerprint density at radius 1 is 1.21 bits per heavy atom. The number of piperidine rings is 1. The van der Waals surface area contributed by atoms with Gasteiger partial charge in [-0.3, -0.25) is 4.99 Å². The molecule has 0 atom stereocenters. The number of nitrogens with zero attached hydrogens (tertiary/aromatic N) is 5. The Morgan fingerprint density at radius 3 is 2.64 bits per heavy atom. The first-order valence-electron chi connectivity index (χ1n) is 9.54. The predicted molar refractivity (Wildman–Crippen MR) is 121 cm³/mol. The molecule has 0 saturated carbocycles. The van der Waals surface area contributed by atoms with Crippen LogP contribution in [0.15, 0.2) is 41.9 Å². The Hall–Kier alpha value is -1.91. The molecule has 0 radical (unpaired) electrons. The molecule has 1 aliphatic heterocycles. The fraction of sp³-hybridized carbons (Fsp3) is 0.526. The van der Waals surface area contributed by atoms with Crippen LogP contribution in [0.5, 0.6) is 0 Å². The minimum absolute atomic E-state index is 0. The second-order valence-electron chi connectivity index (χ2n) is 6.79. The molecule has 0 unspecified atom stereocenters. The van der Waals surface area contributed by atoms with Crippen molar-refractivity contribution in [3.05, 3.63) is 42.7 Å². The summed E-state index contributed by atoms with van der Waals surface area (Å²) in [4.78, 5) is 6.56. The second-order valence-corrected chi connectivity index (χ2v) is 6.79.